The normalized spacial score (nSPS) is 12.1. The molecule has 0 fully saturated rings. The Labute approximate surface area is 204 Å². The molecule has 8 heteroatoms. The molecule has 2 aromatic rings. The van der Waals surface area contributed by atoms with E-state index in [0.717, 1.165) is 40.1 Å². The standard InChI is InChI=1S/C26H37N3O4S/c1-6-8-16-27-26(31)21(4)28(18-22-13-11-12-20(3)17-22)25(30)19-29(34(5,32)33)24-15-10-9-14-23(24)7-2/h9-15,17,21H,6-8,16,18-19H2,1-5H3,(H,27,31). The maximum atomic E-state index is 13.6. The van der Waals surface area contributed by atoms with Crippen LogP contribution >= 0.6 is 0 Å². The van der Waals surface area contributed by atoms with Gasteiger partial charge in [0.2, 0.25) is 21.8 Å². The molecule has 7 nitrogen and oxygen atoms in total. The topological polar surface area (TPSA) is 86.8 Å². The van der Waals surface area contributed by atoms with Crippen LogP contribution in [0.4, 0.5) is 5.69 Å². The van der Waals surface area contributed by atoms with Gasteiger partial charge >= 0.3 is 0 Å². The number of sulfonamides is 1. The number of para-hydroxylation sites is 1. The summed E-state index contributed by atoms with van der Waals surface area (Å²) >= 11 is 0. The largest absolute Gasteiger partial charge is 0.354 e. The lowest BCUT2D eigenvalue weighted by atomic mass is 10.1. The van der Waals surface area contributed by atoms with Crippen LogP contribution in [-0.4, -0.2) is 50.5 Å². The zero-order chi connectivity index (χ0) is 25.3. The number of nitrogens with one attached hydrogen (secondary N) is 1. The van der Waals surface area contributed by atoms with Crippen LogP contribution in [0.1, 0.15) is 50.3 Å². The third-order valence-electron chi connectivity index (χ3n) is 5.75. The monoisotopic (exact) mass is 487 g/mol. The Bertz CT molecular complexity index is 1080. The van der Waals surface area contributed by atoms with Crippen molar-refractivity contribution >= 4 is 27.5 Å². The van der Waals surface area contributed by atoms with E-state index in [1.54, 1.807) is 19.1 Å². The third-order valence-corrected chi connectivity index (χ3v) is 6.88. The highest BCUT2D eigenvalue weighted by molar-refractivity contribution is 7.92. The van der Waals surface area contributed by atoms with Crippen LogP contribution in [-0.2, 0) is 32.6 Å². The molecule has 0 radical (unpaired) electrons. The van der Waals surface area contributed by atoms with Crippen molar-refractivity contribution in [2.45, 2.75) is 59.5 Å². The molecule has 186 valence electrons. The molecule has 0 aromatic heterocycles. The molecule has 0 aliphatic rings. The molecule has 1 N–H and O–H groups in total. The molecule has 1 atom stereocenters. The summed E-state index contributed by atoms with van der Waals surface area (Å²) in [6, 6.07) is 14.1. The van der Waals surface area contributed by atoms with Crippen molar-refractivity contribution in [1.82, 2.24) is 10.2 Å². The lowest BCUT2D eigenvalue weighted by molar-refractivity contribution is -0.139. The summed E-state index contributed by atoms with van der Waals surface area (Å²) in [5, 5.41) is 2.88. The van der Waals surface area contributed by atoms with Crippen molar-refractivity contribution < 1.29 is 18.0 Å². The SMILES string of the molecule is CCCCNC(=O)C(C)N(Cc1cccc(C)c1)C(=O)CN(c1ccccc1CC)S(C)(=O)=O. The number of amides is 2. The molecule has 0 saturated heterocycles. The van der Waals surface area contributed by atoms with Crippen LogP contribution in [0.2, 0.25) is 0 Å². The first-order valence-corrected chi connectivity index (χ1v) is 13.6. The summed E-state index contributed by atoms with van der Waals surface area (Å²) in [5.74, 6) is -0.690. The number of aryl methyl sites for hydroxylation is 2. The minimum atomic E-state index is -3.74. The molecule has 1 unspecified atom stereocenters. The van der Waals surface area contributed by atoms with Gasteiger partial charge in [0.1, 0.15) is 12.6 Å². The average Bonchev–Trinajstić information content (AvgIpc) is 2.79. The van der Waals surface area contributed by atoms with E-state index in [1.807, 2.05) is 57.2 Å². The molecule has 2 aromatic carbocycles. The van der Waals surface area contributed by atoms with Gasteiger partial charge in [0.15, 0.2) is 0 Å². The van der Waals surface area contributed by atoms with Crippen molar-refractivity contribution in [3.63, 3.8) is 0 Å². The number of unbranched alkanes of at least 4 members (excludes halogenated alkanes) is 1. The minimum absolute atomic E-state index is 0.204. The van der Waals surface area contributed by atoms with E-state index in [4.69, 9.17) is 0 Å². The molecular weight excluding hydrogens is 450 g/mol. The number of hydrogen-bond donors (Lipinski definition) is 1. The van der Waals surface area contributed by atoms with Gasteiger partial charge in [-0.15, -0.1) is 0 Å². The van der Waals surface area contributed by atoms with Crippen molar-refractivity contribution in [2.24, 2.45) is 0 Å². The van der Waals surface area contributed by atoms with E-state index in [2.05, 4.69) is 5.32 Å². The minimum Gasteiger partial charge on any atom is -0.354 e. The predicted molar refractivity (Wildman–Crippen MR) is 137 cm³/mol. The molecule has 0 heterocycles. The third kappa shape index (κ3) is 7.58. The Morgan fingerprint density at radius 3 is 2.38 bits per heavy atom. The van der Waals surface area contributed by atoms with Gasteiger partial charge in [0, 0.05) is 13.1 Å². The number of nitrogens with zero attached hydrogens (tertiary/aromatic N) is 2. The first-order valence-electron chi connectivity index (χ1n) is 11.8. The van der Waals surface area contributed by atoms with E-state index in [1.165, 1.54) is 4.90 Å². The first kappa shape index (κ1) is 27.4. The van der Waals surface area contributed by atoms with Gasteiger partial charge < -0.3 is 10.2 Å². The summed E-state index contributed by atoms with van der Waals surface area (Å²) in [5.41, 5.74) is 3.23. The number of carbonyl (C=O) groups is 2. The second-order valence-electron chi connectivity index (χ2n) is 8.58. The van der Waals surface area contributed by atoms with E-state index >= 15 is 0 Å². The van der Waals surface area contributed by atoms with Crippen LogP contribution < -0.4 is 9.62 Å². The molecular formula is C26H37N3O4S. The Hall–Kier alpha value is -2.87. The fourth-order valence-corrected chi connectivity index (χ4v) is 4.65. The molecule has 2 amide bonds. The highest BCUT2D eigenvalue weighted by Crippen LogP contribution is 2.24. The predicted octanol–water partition coefficient (Wildman–Crippen LogP) is 3.66. The van der Waals surface area contributed by atoms with E-state index in [0.29, 0.717) is 18.7 Å². The van der Waals surface area contributed by atoms with Crippen LogP contribution in [0.25, 0.3) is 0 Å². The van der Waals surface area contributed by atoms with Crippen molar-refractivity contribution in [1.29, 1.82) is 0 Å². The van der Waals surface area contributed by atoms with Crippen LogP contribution in [0.5, 0.6) is 0 Å². The second-order valence-corrected chi connectivity index (χ2v) is 10.5. The molecule has 2 rings (SSSR count). The summed E-state index contributed by atoms with van der Waals surface area (Å²) in [7, 11) is -3.74. The molecule has 34 heavy (non-hydrogen) atoms. The van der Waals surface area contributed by atoms with E-state index in [-0.39, 0.29) is 19.0 Å². The highest BCUT2D eigenvalue weighted by Gasteiger charge is 2.30. The Balaban J connectivity index is 2.38. The lowest BCUT2D eigenvalue weighted by Gasteiger charge is -2.32. The van der Waals surface area contributed by atoms with Crippen molar-refractivity contribution in [2.75, 3.05) is 23.7 Å². The zero-order valence-corrected chi connectivity index (χ0v) is 21.7. The summed E-state index contributed by atoms with van der Waals surface area (Å²) in [4.78, 5) is 27.9. The Morgan fingerprint density at radius 1 is 1.06 bits per heavy atom. The molecule has 0 aliphatic carbocycles. The van der Waals surface area contributed by atoms with Crippen LogP contribution in [0, 0.1) is 6.92 Å². The van der Waals surface area contributed by atoms with Gasteiger partial charge in [0.05, 0.1) is 11.9 Å². The lowest BCUT2D eigenvalue weighted by Crippen LogP contribution is -2.51. The van der Waals surface area contributed by atoms with Gasteiger partial charge in [-0.3, -0.25) is 13.9 Å². The fraction of sp³-hybridized carbons (Fsp3) is 0.462. The van der Waals surface area contributed by atoms with E-state index in [9.17, 15) is 18.0 Å². The number of benzene rings is 2. The molecule has 0 saturated carbocycles. The summed E-state index contributed by atoms with van der Waals surface area (Å²) in [6.07, 6.45) is 3.51. The van der Waals surface area contributed by atoms with Crippen LogP contribution in [0.15, 0.2) is 48.5 Å². The van der Waals surface area contributed by atoms with Crippen molar-refractivity contribution in [3.8, 4) is 0 Å². The van der Waals surface area contributed by atoms with Gasteiger partial charge in [-0.1, -0.05) is 68.3 Å². The number of carbonyl (C=O) groups excluding carboxylic acids is 2. The number of anilines is 1. The second kappa shape index (κ2) is 12.6. The van der Waals surface area contributed by atoms with E-state index < -0.39 is 22.0 Å². The van der Waals surface area contributed by atoms with Gasteiger partial charge in [-0.25, -0.2) is 8.42 Å². The fourth-order valence-electron chi connectivity index (χ4n) is 3.77. The maximum Gasteiger partial charge on any atom is 0.244 e. The molecule has 0 aliphatic heterocycles. The smallest absolute Gasteiger partial charge is 0.244 e. The highest BCUT2D eigenvalue weighted by atomic mass is 32.2. The Kier molecular flexibility index (Phi) is 10.1. The summed E-state index contributed by atoms with van der Waals surface area (Å²) in [6.45, 7) is 7.98. The van der Waals surface area contributed by atoms with Crippen LogP contribution in [0.3, 0.4) is 0 Å². The van der Waals surface area contributed by atoms with Gasteiger partial charge in [0.25, 0.3) is 0 Å². The quantitative estimate of drug-likeness (QED) is 0.463. The number of rotatable bonds is 12. The molecule has 0 spiro atoms. The molecule has 0 bridgehead atoms. The van der Waals surface area contributed by atoms with Gasteiger partial charge in [-0.2, -0.15) is 0 Å². The van der Waals surface area contributed by atoms with Crippen molar-refractivity contribution in [3.05, 3.63) is 65.2 Å². The first-order chi connectivity index (χ1) is 16.1. The maximum absolute atomic E-state index is 13.6. The number of hydrogen-bond acceptors (Lipinski definition) is 4. The summed E-state index contributed by atoms with van der Waals surface area (Å²) < 4.78 is 26.6. The Morgan fingerprint density at radius 2 is 1.76 bits per heavy atom. The zero-order valence-electron chi connectivity index (χ0n) is 20.9. The van der Waals surface area contributed by atoms with Gasteiger partial charge in [-0.05, 0) is 43.9 Å². The average molecular weight is 488 g/mol.